The van der Waals surface area contributed by atoms with Gasteiger partial charge < -0.3 is 24.2 Å². The maximum absolute atomic E-state index is 12.5. The Bertz CT molecular complexity index is 455. The fourth-order valence-electron chi connectivity index (χ4n) is 1.99. The lowest BCUT2D eigenvalue weighted by atomic mass is 10.2. The number of nitrogens with zero attached hydrogens (tertiary/aromatic N) is 4. The maximum atomic E-state index is 12.5. The number of amides is 2. The summed E-state index contributed by atoms with van der Waals surface area (Å²) in [6, 6.07) is 0. The van der Waals surface area contributed by atoms with Gasteiger partial charge in [-0.3, -0.25) is 4.79 Å². The summed E-state index contributed by atoms with van der Waals surface area (Å²) < 4.78 is 4.94. The van der Waals surface area contributed by atoms with Crippen LogP contribution in [0.5, 0.6) is 0 Å². The number of piperazine rings is 1. The third-order valence-electron chi connectivity index (χ3n) is 3.05. The molecule has 0 aromatic heterocycles. The molecule has 0 N–H and O–H groups in total. The van der Waals surface area contributed by atoms with Crippen molar-refractivity contribution in [2.75, 3.05) is 47.0 Å². The van der Waals surface area contributed by atoms with Gasteiger partial charge in [0.1, 0.15) is 19.9 Å². The van der Waals surface area contributed by atoms with Crippen molar-refractivity contribution in [3.05, 3.63) is 0 Å². The zero-order chi connectivity index (χ0) is 16.5. The summed E-state index contributed by atoms with van der Waals surface area (Å²) in [7, 11) is 2.74. The Labute approximate surface area is 129 Å². The molecule has 124 valence electrons. The largest absolute Gasteiger partial charge is 0.450 e. The molecule has 0 aromatic rings. The van der Waals surface area contributed by atoms with Gasteiger partial charge >= 0.3 is 6.09 Å². The quantitative estimate of drug-likeness (QED) is 0.538. The van der Waals surface area contributed by atoms with E-state index in [1.807, 2.05) is 0 Å². The summed E-state index contributed by atoms with van der Waals surface area (Å²) in [4.78, 5) is 36.6. The fourth-order valence-corrected chi connectivity index (χ4v) is 1.99. The molecule has 0 atom stereocenters. The third-order valence-corrected chi connectivity index (χ3v) is 3.05. The molecule has 0 radical (unpaired) electrons. The number of ether oxygens (including phenoxy) is 1. The van der Waals surface area contributed by atoms with Crippen LogP contribution in [0.4, 0.5) is 4.79 Å². The third kappa shape index (κ3) is 4.61. The van der Waals surface area contributed by atoms with Gasteiger partial charge in [-0.1, -0.05) is 10.3 Å². The van der Waals surface area contributed by atoms with Crippen molar-refractivity contribution in [1.29, 1.82) is 0 Å². The van der Waals surface area contributed by atoms with Gasteiger partial charge in [-0.05, 0) is 13.8 Å². The van der Waals surface area contributed by atoms with Crippen LogP contribution in [-0.2, 0) is 19.2 Å². The van der Waals surface area contributed by atoms with Crippen LogP contribution in [0.25, 0.3) is 0 Å². The van der Waals surface area contributed by atoms with E-state index in [2.05, 4.69) is 15.1 Å². The van der Waals surface area contributed by atoms with E-state index >= 15 is 0 Å². The highest BCUT2D eigenvalue weighted by atomic mass is 16.6. The van der Waals surface area contributed by atoms with Crippen LogP contribution < -0.4 is 0 Å². The Morgan fingerprint density at radius 3 is 2.05 bits per heavy atom. The minimum absolute atomic E-state index is 0.0777. The predicted molar refractivity (Wildman–Crippen MR) is 79.7 cm³/mol. The van der Waals surface area contributed by atoms with Crippen LogP contribution in [0.1, 0.15) is 13.8 Å². The van der Waals surface area contributed by atoms with Crippen LogP contribution >= 0.6 is 0 Å². The zero-order valence-electron chi connectivity index (χ0n) is 13.4. The summed E-state index contributed by atoms with van der Waals surface area (Å²) in [5.41, 5.74) is 0.399. The first-order valence-electron chi connectivity index (χ1n) is 6.95. The average Bonchev–Trinajstić information content (AvgIpc) is 2.52. The second-order valence-corrected chi connectivity index (χ2v) is 4.46. The molecule has 9 nitrogen and oxygen atoms in total. The highest BCUT2D eigenvalue weighted by Crippen LogP contribution is 2.06. The van der Waals surface area contributed by atoms with Gasteiger partial charge in [0.15, 0.2) is 5.71 Å². The highest BCUT2D eigenvalue weighted by Gasteiger charge is 2.29. The van der Waals surface area contributed by atoms with Gasteiger partial charge in [-0.2, -0.15) is 0 Å². The summed E-state index contributed by atoms with van der Waals surface area (Å²) in [5.74, 6) is -0.316. The SMILES string of the molecule is CCOC(=O)N1CCN(C(=O)C(=NOC)C(C)=NOC)CC1. The molecule has 22 heavy (non-hydrogen) atoms. The molecule has 0 aliphatic carbocycles. The lowest BCUT2D eigenvalue weighted by molar-refractivity contribution is -0.125. The van der Waals surface area contributed by atoms with E-state index in [1.54, 1.807) is 23.6 Å². The number of oxime groups is 2. The van der Waals surface area contributed by atoms with Crippen molar-refractivity contribution in [3.63, 3.8) is 0 Å². The smallest absolute Gasteiger partial charge is 0.409 e. The predicted octanol–water partition coefficient (Wildman–Crippen LogP) is 0.312. The van der Waals surface area contributed by atoms with E-state index in [1.165, 1.54) is 14.2 Å². The second-order valence-electron chi connectivity index (χ2n) is 4.46. The van der Waals surface area contributed by atoms with Crippen LogP contribution in [0.3, 0.4) is 0 Å². The number of hydrogen-bond acceptors (Lipinski definition) is 7. The van der Waals surface area contributed by atoms with Crippen molar-refractivity contribution in [1.82, 2.24) is 9.80 Å². The number of rotatable bonds is 5. The van der Waals surface area contributed by atoms with E-state index in [4.69, 9.17) is 9.57 Å². The maximum Gasteiger partial charge on any atom is 0.409 e. The molecule has 1 saturated heterocycles. The molecule has 0 aromatic carbocycles. The Kier molecular flexibility index (Phi) is 7.14. The van der Waals surface area contributed by atoms with Crippen LogP contribution in [0.15, 0.2) is 10.3 Å². The first-order valence-corrected chi connectivity index (χ1v) is 6.95. The van der Waals surface area contributed by atoms with E-state index in [0.29, 0.717) is 38.5 Å². The highest BCUT2D eigenvalue weighted by molar-refractivity contribution is 6.66. The lowest BCUT2D eigenvalue weighted by Crippen LogP contribution is -2.53. The normalized spacial score (nSPS) is 16.4. The first kappa shape index (κ1) is 17.7. The summed E-state index contributed by atoms with van der Waals surface area (Å²) in [5, 5.41) is 7.41. The Morgan fingerprint density at radius 1 is 1.00 bits per heavy atom. The molecule has 1 heterocycles. The molecule has 1 rings (SSSR count). The number of carbonyl (C=O) groups is 2. The first-order chi connectivity index (χ1) is 10.5. The van der Waals surface area contributed by atoms with Crippen molar-refractivity contribution < 1.29 is 24.0 Å². The summed E-state index contributed by atoms with van der Waals surface area (Å²) in [6.45, 7) is 5.28. The molecular formula is C13H22N4O5. The molecule has 0 bridgehead atoms. The molecule has 1 aliphatic rings. The van der Waals surface area contributed by atoms with Gasteiger partial charge in [0.05, 0.1) is 6.61 Å². The van der Waals surface area contributed by atoms with Crippen molar-refractivity contribution in [3.8, 4) is 0 Å². The van der Waals surface area contributed by atoms with Gasteiger partial charge in [0, 0.05) is 26.2 Å². The van der Waals surface area contributed by atoms with Gasteiger partial charge in [0.2, 0.25) is 0 Å². The van der Waals surface area contributed by atoms with Crippen molar-refractivity contribution >= 4 is 23.4 Å². The zero-order valence-corrected chi connectivity index (χ0v) is 13.4. The summed E-state index contributed by atoms with van der Waals surface area (Å²) >= 11 is 0. The number of hydrogen-bond donors (Lipinski definition) is 0. The van der Waals surface area contributed by atoms with Crippen LogP contribution in [0, 0.1) is 0 Å². The second kappa shape index (κ2) is 8.85. The van der Waals surface area contributed by atoms with E-state index in [9.17, 15) is 9.59 Å². The Hall–Kier alpha value is -2.32. The molecule has 2 amide bonds. The monoisotopic (exact) mass is 314 g/mol. The van der Waals surface area contributed by atoms with Gasteiger partial charge in [-0.15, -0.1) is 0 Å². The minimum Gasteiger partial charge on any atom is -0.450 e. The van der Waals surface area contributed by atoms with E-state index in [-0.39, 0.29) is 17.7 Å². The molecular weight excluding hydrogens is 292 g/mol. The Balaban J connectivity index is 2.69. The van der Waals surface area contributed by atoms with Crippen LogP contribution in [0.2, 0.25) is 0 Å². The standard InChI is InChI=1S/C13H22N4O5/c1-5-22-13(19)17-8-6-16(7-9-17)12(18)11(15-21-4)10(2)14-20-3/h5-9H2,1-4H3. The molecule has 0 spiro atoms. The topological polar surface area (TPSA) is 93.0 Å². The molecule has 1 fully saturated rings. The average molecular weight is 314 g/mol. The molecule has 0 saturated carbocycles. The summed E-state index contributed by atoms with van der Waals surface area (Å²) in [6.07, 6.45) is -0.363. The lowest BCUT2D eigenvalue weighted by Gasteiger charge is -2.34. The minimum atomic E-state index is -0.363. The van der Waals surface area contributed by atoms with E-state index in [0.717, 1.165) is 0 Å². The van der Waals surface area contributed by atoms with Gasteiger partial charge in [0.25, 0.3) is 5.91 Å². The molecule has 1 aliphatic heterocycles. The van der Waals surface area contributed by atoms with E-state index < -0.39 is 0 Å². The van der Waals surface area contributed by atoms with Gasteiger partial charge in [-0.25, -0.2) is 4.79 Å². The molecule has 9 heteroatoms. The molecule has 0 unspecified atom stereocenters. The Morgan fingerprint density at radius 2 is 1.55 bits per heavy atom. The van der Waals surface area contributed by atoms with Crippen molar-refractivity contribution in [2.45, 2.75) is 13.8 Å². The number of carbonyl (C=O) groups excluding carboxylic acids is 2. The van der Waals surface area contributed by atoms with Crippen LogP contribution in [-0.4, -0.2) is 80.2 Å². The fraction of sp³-hybridized carbons (Fsp3) is 0.692. The van der Waals surface area contributed by atoms with Crippen molar-refractivity contribution in [2.24, 2.45) is 10.3 Å².